The van der Waals surface area contributed by atoms with Crippen molar-refractivity contribution in [3.8, 4) is 11.4 Å². The first-order valence-electron chi connectivity index (χ1n) is 9.78. The Morgan fingerprint density at radius 1 is 0.871 bits per heavy atom. The average Bonchev–Trinajstić information content (AvgIpc) is 3.24. The summed E-state index contributed by atoms with van der Waals surface area (Å²) < 4.78 is 27.5. The molecule has 0 radical (unpaired) electrons. The Kier molecular flexibility index (Phi) is 5.73. The standard InChI is InChI=1S/C23H23N5O2S/c1-27(2)20-15-13-18(14-16-20)17-24-23-25-22(19-9-5-3-6-10-19)26-28(23)31(29,30)21-11-7-4-8-12-21/h3-16H,17H2,1-2H3,(H,24,25,26). The van der Waals surface area contributed by atoms with Gasteiger partial charge < -0.3 is 10.2 Å². The van der Waals surface area contributed by atoms with Crippen LogP contribution >= 0.6 is 0 Å². The van der Waals surface area contributed by atoms with Crippen LogP contribution in [-0.2, 0) is 16.6 Å². The summed E-state index contributed by atoms with van der Waals surface area (Å²) in [5.74, 6) is 0.505. The molecule has 1 N–H and O–H groups in total. The van der Waals surface area contributed by atoms with E-state index in [1.54, 1.807) is 30.3 Å². The lowest BCUT2D eigenvalue weighted by molar-refractivity contribution is 0.580. The summed E-state index contributed by atoms with van der Waals surface area (Å²) in [6, 6.07) is 25.5. The summed E-state index contributed by atoms with van der Waals surface area (Å²) in [7, 11) is 0.0576. The van der Waals surface area contributed by atoms with Gasteiger partial charge in [0.15, 0.2) is 5.82 Å². The van der Waals surface area contributed by atoms with Gasteiger partial charge in [-0.25, -0.2) is 0 Å². The smallest absolute Gasteiger partial charge is 0.286 e. The van der Waals surface area contributed by atoms with Gasteiger partial charge >= 0.3 is 0 Å². The predicted molar refractivity (Wildman–Crippen MR) is 123 cm³/mol. The lowest BCUT2D eigenvalue weighted by atomic mass is 10.2. The van der Waals surface area contributed by atoms with Crippen molar-refractivity contribution in [2.24, 2.45) is 0 Å². The molecule has 0 spiro atoms. The van der Waals surface area contributed by atoms with Crippen LogP contribution in [0.15, 0.2) is 89.8 Å². The average molecular weight is 434 g/mol. The topological polar surface area (TPSA) is 80.1 Å². The summed E-state index contributed by atoms with van der Waals surface area (Å²) in [6.07, 6.45) is 0. The van der Waals surface area contributed by atoms with E-state index in [4.69, 9.17) is 0 Å². The molecule has 0 aliphatic carbocycles. The van der Waals surface area contributed by atoms with Gasteiger partial charge in [-0.2, -0.15) is 13.4 Å². The third kappa shape index (κ3) is 4.44. The van der Waals surface area contributed by atoms with E-state index in [2.05, 4.69) is 15.4 Å². The molecule has 8 heteroatoms. The molecule has 0 aliphatic rings. The van der Waals surface area contributed by atoms with Gasteiger partial charge in [-0.1, -0.05) is 60.7 Å². The molecule has 7 nitrogen and oxygen atoms in total. The second-order valence-electron chi connectivity index (χ2n) is 7.20. The van der Waals surface area contributed by atoms with Gasteiger partial charge in [-0.05, 0) is 29.8 Å². The molecule has 1 heterocycles. The Labute approximate surface area is 182 Å². The molecule has 0 fully saturated rings. The van der Waals surface area contributed by atoms with Crippen molar-refractivity contribution in [1.82, 2.24) is 14.2 Å². The molecule has 0 saturated heterocycles. The lowest BCUT2D eigenvalue weighted by Gasteiger charge is -2.13. The molecular formula is C23H23N5O2S. The Hall–Kier alpha value is -3.65. The fraction of sp³-hybridized carbons (Fsp3) is 0.130. The summed E-state index contributed by atoms with van der Waals surface area (Å²) in [6.45, 7) is 0.408. The highest BCUT2D eigenvalue weighted by Gasteiger charge is 2.24. The van der Waals surface area contributed by atoms with Crippen LogP contribution in [0.3, 0.4) is 0 Å². The zero-order chi connectivity index (χ0) is 21.8. The Morgan fingerprint density at radius 2 is 1.48 bits per heavy atom. The molecule has 0 unspecified atom stereocenters. The molecule has 4 aromatic rings. The fourth-order valence-electron chi connectivity index (χ4n) is 3.07. The Balaban J connectivity index is 1.69. The van der Waals surface area contributed by atoms with Crippen molar-refractivity contribution in [3.05, 3.63) is 90.5 Å². The van der Waals surface area contributed by atoms with Gasteiger partial charge in [-0.3, -0.25) is 0 Å². The second kappa shape index (κ2) is 8.61. The van der Waals surface area contributed by atoms with Gasteiger partial charge in [0.1, 0.15) is 0 Å². The van der Waals surface area contributed by atoms with Crippen LogP contribution in [0.4, 0.5) is 11.6 Å². The third-order valence-corrected chi connectivity index (χ3v) is 6.36. The van der Waals surface area contributed by atoms with E-state index in [9.17, 15) is 8.42 Å². The summed E-state index contributed by atoms with van der Waals surface area (Å²) >= 11 is 0. The number of nitrogens with one attached hydrogen (secondary N) is 1. The molecule has 31 heavy (non-hydrogen) atoms. The van der Waals surface area contributed by atoms with Crippen molar-refractivity contribution < 1.29 is 8.42 Å². The van der Waals surface area contributed by atoms with Crippen LogP contribution in [0.1, 0.15) is 5.56 Å². The quantitative estimate of drug-likeness (QED) is 0.477. The van der Waals surface area contributed by atoms with Crippen LogP contribution in [0.5, 0.6) is 0 Å². The molecule has 0 saturated carbocycles. The maximum Gasteiger partial charge on any atom is 0.286 e. The molecule has 158 valence electrons. The largest absolute Gasteiger partial charge is 0.378 e. The van der Waals surface area contributed by atoms with Crippen molar-refractivity contribution in [2.45, 2.75) is 11.4 Å². The van der Waals surface area contributed by atoms with Gasteiger partial charge in [0.2, 0.25) is 5.95 Å². The van der Waals surface area contributed by atoms with E-state index >= 15 is 0 Å². The highest BCUT2D eigenvalue weighted by molar-refractivity contribution is 7.90. The van der Waals surface area contributed by atoms with E-state index in [1.165, 1.54) is 0 Å². The second-order valence-corrected chi connectivity index (χ2v) is 8.97. The highest BCUT2D eigenvalue weighted by atomic mass is 32.2. The van der Waals surface area contributed by atoms with Gasteiger partial charge in [-0.15, -0.1) is 9.19 Å². The van der Waals surface area contributed by atoms with Crippen molar-refractivity contribution in [3.63, 3.8) is 0 Å². The van der Waals surface area contributed by atoms with E-state index < -0.39 is 10.0 Å². The van der Waals surface area contributed by atoms with Crippen LogP contribution in [0.2, 0.25) is 0 Å². The van der Waals surface area contributed by atoms with Gasteiger partial charge in [0.25, 0.3) is 10.0 Å². The SMILES string of the molecule is CN(C)c1ccc(CNc2nc(-c3ccccc3)nn2S(=O)(=O)c2ccccc2)cc1. The molecule has 3 aromatic carbocycles. The minimum atomic E-state index is -3.91. The number of anilines is 2. The first kappa shape index (κ1) is 20.6. The minimum absolute atomic E-state index is 0.151. The predicted octanol–water partition coefficient (Wildman–Crippen LogP) is 3.86. The van der Waals surface area contributed by atoms with E-state index in [0.717, 1.165) is 20.9 Å². The maximum absolute atomic E-state index is 13.2. The summed E-state index contributed by atoms with van der Waals surface area (Å²) in [4.78, 5) is 6.66. The van der Waals surface area contributed by atoms with Crippen LogP contribution < -0.4 is 10.2 Å². The maximum atomic E-state index is 13.2. The normalized spacial score (nSPS) is 11.3. The van der Waals surface area contributed by atoms with Crippen molar-refractivity contribution in [1.29, 1.82) is 0 Å². The van der Waals surface area contributed by atoms with E-state index in [1.807, 2.05) is 73.6 Å². The molecule has 0 bridgehead atoms. The number of benzene rings is 3. The van der Waals surface area contributed by atoms with E-state index in [-0.39, 0.29) is 10.8 Å². The monoisotopic (exact) mass is 433 g/mol. The Bertz CT molecular complexity index is 1250. The number of hydrogen-bond donors (Lipinski definition) is 1. The molecule has 4 rings (SSSR count). The lowest BCUT2D eigenvalue weighted by Crippen LogP contribution is -2.18. The Morgan fingerprint density at radius 3 is 2.10 bits per heavy atom. The molecule has 1 aromatic heterocycles. The van der Waals surface area contributed by atoms with Gasteiger partial charge in [0.05, 0.1) is 4.90 Å². The first-order chi connectivity index (χ1) is 14.9. The number of aromatic nitrogens is 3. The molecule has 0 aliphatic heterocycles. The van der Waals surface area contributed by atoms with E-state index in [0.29, 0.717) is 12.4 Å². The van der Waals surface area contributed by atoms with Crippen LogP contribution in [0, 0.1) is 0 Å². The van der Waals surface area contributed by atoms with Crippen LogP contribution in [-0.4, -0.2) is 36.7 Å². The minimum Gasteiger partial charge on any atom is -0.378 e. The zero-order valence-electron chi connectivity index (χ0n) is 17.3. The van der Waals surface area contributed by atoms with Crippen LogP contribution in [0.25, 0.3) is 11.4 Å². The highest BCUT2D eigenvalue weighted by Crippen LogP contribution is 2.23. The summed E-state index contributed by atoms with van der Waals surface area (Å²) in [5, 5.41) is 7.47. The van der Waals surface area contributed by atoms with Crippen molar-refractivity contribution >= 4 is 21.7 Å². The van der Waals surface area contributed by atoms with Crippen molar-refractivity contribution in [2.75, 3.05) is 24.3 Å². The van der Waals surface area contributed by atoms with Gasteiger partial charge in [0, 0.05) is 31.9 Å². The number of hydrogen-bond acceptors (Lipinski definition) is 6. The molecule has 0 atom stereocenters. The third-order valence-electron chi connectivity index (χ3n) is 4.78. The number of rotatable bonds is 7. The molecule has 0 amide bonds. The first-order valence-corrected chi connectivity index (χ1v) is 11.2. The number of nitrogens with zero attached hydrogens (tertiary/aromatic N) is 4. The zero-order valence-corrected chi connectivity index (χ0v) is 18.1. The molecular weight excluding hydrogens is 410 g/mol. The summed E-state index contributed by atoms with van der Waals surface area (Å²) in [5.41, 5.74) is 2.83. The fourth-order valence-corrected chi connectivity index (χ4v) is 4.29.